The molecule has 0 aromatic carbocycles. The summed E-state index contributed by atoms with van der Waals surface area (Å²) < 4.78 is 0. The first-order valence-electron chi connectivity index (χ1n) is 4.67. The van der Waals surface area contributed by atoms with Gasteiger partial charge in [-0.3, -0.25) is 0 Å². The Kier molecular flexibility index (Phi) is 3.81. The van der Waals surface area contributed by atoms with Gasteiger partial charge in [-0.2, -0.15) is 0 Å². The Morgan fingerprint density at radius 1 is 1.10 bits per heavy atom. The third-order valence-corrected chi connectivity index (χ3v) is 2.35. The normalized spacial score (nSPS) is 22.5. The van der Waals surface area contributed by atoms with Gasteiger partial charge in [0.25, 0.3) is 0 Å². The highest BCUT2D eigenvalue weighted by Gasteiger charge is 2.09. The van der Waals surface area contributed by atoms with Crippen LogP contribution < -0.4 is 5.32 Å². The molecular formula is C9H19N. The zero-order valence-electron chi connectivity index (χ0n) is 7.03. The molecule has 0 aliphatic heterocycles. The van der Waals surface area contributed by atoms with E-state index >= 15 is 0 Å². The Morgan fingerprint density at radius 2 is 1.70 bits per heavy atom. The van der Waals surface area contributed by atoms with Gasteiger partial charge in [0.15, 0.2) is 0 Å². The molecule has 1 N–H and O–H groups in total. The maximum atomic E-state index is 3.52. The van der Waals surface area contributed by atoms with Gasteiger partial charge in [0.2, 0.25) is 0 Å². The summed E-state index contributed by atoms with van der Waals surface area (Å²) >= 11 is 0. The highest BCUT2D eigenvalue weighted by atomic mass is 14.9. The molecule has 0 aromatic heterocycles. The monoisotopic (exact) mass is 141 g/mol. The van der Waals surface area contributed by atoms with E-state index in [4.69, 9.17) is 0 Å². The molecule has 0 bridgehead atoms. The van der Waals surface area contributed by atoms with Crippen molar-refractivity contribution in [1.29, 1.82) is 0 Å². The maximum Gasteiger partial charge on any atom is 0.00669 e. The van der Waals surface area contributed by atoms with E-state index in [1.165, 1.54) is 38.5 Å². The predicted octanol–water partition coefficient (Wildman–Crippen LogP) is 2.32. The zero-order valence-corrected chi connectivity index (χ0v) is 7.03. The van der Waals surface area contributed by atoms with Crippen LogP contribution in [0.15, 0.2) is 0 Å². The van der Waals surface area contributed by atoms with Crippen molar-refractivity contribution in [2.75, 3.05) is 6.54 Å². The van der Waals surface area contributed by atoms with Crippen LogP contribution in [0.3, 0.4) is 0 Å². The van der Waals surface area contributed by atoms with Crippen LogP contribution in [-0.2, 0) is 0 Å². The molecule has 1 heteroatoms. The van der Waals surface area contributed by atoms with Crippen LogP contribution in [0.5, 0.6) is 0 Å². The summed E-state index contributed by atoms with van der Waals surface area (Å²) in [7, 11) is 0. The molecule has 1 rings (SSSR count). The fraction of sp³-hybridized carbons (Fsp3) is 1.00. The Morgan fingerprint density at radius 3 is 2.20 bits per heavy atom. The van der Waals surface area contributed by atoms with Crippen LogP contribution in [0.2, 0.25) is 0 Å². The van der Waals surface area contributed by atoms with Crippen molar-refractivity contribution in [3.8, 4) is 0 Å². The Balaban J connectivity index is 2.15. The third-order valence-electron chi connectivity index (χ3n) is 2.35. The lowest BCUT2D eigenvalue weighted by atomic mass is 10.1. The van der Waals surface area contributed by atoms with E-state index in [0.29, 0.717) is 0 Å². The standard InChI is InChI=1S/C9H19N/c1-2-10-9-7-5-3-4-6-8-9/h9-10H,2-8H2,1H3. The zero-order chi connectivity index (χ0) is 7.23. The highest BCUT2D eigenvalue weighted by molar-refractivity contribution is 4.69. The molecule has 0 amide bonds. The minimum Gasteiger partial charge on any atom is -0.314 e. The molecule has 0 aromatic rings. The van der Waals surface area contributed by atoms with Crippen molar-refractivity contribution < 1.29 is 0 Å². The van der Waals surface area contributed by atoms with Gasteiger partial charge < -0.3 is 5.32 Å². The molecule has 0 saturated heterocycles. The molecule has 10 heavy (non-hydrogen) atoms. The van der Waals surface area contributed by atoms with Gasteiger partial charge in [-0.25, -0.2) is 0 Å². The second kappa shape index (κ2) is 4.73. The maximum absolute atomic E-state index is 3.52. The van der Waals surface area contributed by atoms with E-state index in [1.807, 2.05) is 0 Å². The lowest BCUT2D eigenvalue weighted by Gasteiger charge is -2.13. The molecule has 0 spiro atoms. The Hall–Kier alpha value is -0.0400. The average Bonchev–Trinajstić information content (AvgIpc) is 2.17. The van der Waals surface area contributed by atoms with Crippen molar-refractivity contribution in [2.45, 2.75) is 51.5 Å². The van der Waals surface area contributed by atoms with Crippen molar-refractivity contribution in [2.24, 2.45) is 0 Å². The van der Waals surface area contributed by atoms with Gasteiger partial charge in [0, 0.05) is 6.04 Å². The second-order valence-corrected chi connectivity index (χ2v) is 3.25. The number of hydrogen-bond acceptors (Lipinski definition) is 1. The molecule has 1 aliphatic rings. The number of rotatable bonds is 2. The van der Waals surface area contributed by atoms with E-state index in [2.05, 4.69) is 12.2 Å². The molecule has 1 aliphatic carbocycles. The Labute approximate surface area is 64.2 Å². The van der Waals surface area contributed by atoms with Crippen molar-refractivity contribution in [3.05, 3.63) is 0 Å². The first-order valence-corrected chi connectivity index (χ1v) is 4.67. The van der Waals surface area contributed by atoms with Crippen LogP contribution in [-0.4, -0.2) is 12.6 Å². The van der Waals surface area contributed by atoms with E-state index in [-0.39, 0.29) is 0 Å². The highest BCUT2D eigenvalue weighted by Crippen LogP contribution is 2.16. The SMILES string of the molecule is CCNC1CCCCCC1. The lowest BCUT2D eigenvalue weighted by molar-refractivity contribution is 0.472. The smallest absolute Gasteiger partial charge is 0.00669 e. The molecular weight excluding hydrogens is 122 g/mol. The minimum atomic E-state index is 0.840. The largest absolute Gasteiger partial charge is 0.314 e. The van der Waals surface area contributed by atoms with Gasteiger partial charge in [-0.1, -0.05) is 32.6 Å². The fourth-order valence-electron chi connectivity index (χ4n) is 1.77. The summed E-state index contributed by atoms with van der Waals surface area (Å²) in [5, 5.41) is 3.52. The van der Waals surface area contributed by atoms with E-state index in [0.717, 1.165) is 12.6 Å². The molecule has 1 fully saturated rings. The molecule has 60 valence electrons. The van der Waals surface area contributed by atoms with Crippen LogP contribution in [0.1, 0.15) is 45.4 Å². The van der Waals surface area contributed by atoms with E-state index < -0.39 is 0 Å². The van der Waals surface area contributed by atoms with Crippen LogP contribution in [0.4, 0.5) is 0 Å². The first kappa shape index (κ1) is 8.06. The molecule has 0 heterocycles. The average molecular weight is 141 g/mol. The molecule has 1 saturated carbocycles. The van der Waals surface area contributed by atoms with Crippen LogP contribution in [0.25, 0.3) is 0 Å². The molecule has 0 unspecified atom stereocenters. The van der Waals surface area contributed by atoms with E-state index in [1.54, 1.807) is 0 Å². The summed E-state index contributed by atoms with van der Waals surface area (Å²) in [6.45, 7) is 3.34. The van der Waals surface area contributed by atoms with Gasteiger partial charge in [-0.15, -0.1) is 0 Å². The van der Waals surface area contributed by atoms with Gasteiger partial charge in [-0.05, 0) is 19.4 Å². The predicted molar refractivity (Wildman–Crippen MR) is 45.2 cm³/mol. The summed E-state index contributed by atoms with van der Waals surface area (Å²) in [4.78, 5) is 0. The van der Waals surface area contributed by atoms with Crippen molar-refractivity contribution in [3.63, 3.8) is 0 Å². The molecule has 0 atom stereocenters. The fourth-order valence-corrected chi connectivity index (χ4v) is 1.77. The minimum absolute atomic E-state index is 0.840. The van der Waals surface area contributed by atoms with Gasteiger partial charge in [0.05, 0.1) is 0 Å². The number of nitrogens with one attached hydrogen (secondary N) is 1. The summed E-state index contributed by atoms with van der Waals surface area (Å²) in [6, 6.07) is 0.840. The Bertz CT molecular complexity index is 72.8. The van der Waals surface area contributed by atoms with Crippen molar-refractivity contribution in [1.82, 2.24) is 5.32 Å². The van der Waals surface area contributed by atoms with E-state index in [9.17, 15) is 0 Å². The third kappa shape index (κ3) is 2.70. The summed E-state index contributed by atoms with van der Waals surface area (Å²) in [5.41, 5.74) is 0. The molecule has 1 nitrogen and oxygen atoms in total. The van der Waals surface area contributed by atoms with Crippen LogP contribution >= 0.6 is 0 Å². The lowest BCUT2D eigenvalue weighted by Crippen LogP contribution is -2.27. The number of hydrogen-bond donors (Lipinski definition) is 1. The summed E-state index contributed by atoms with van der Waals surface area (Å²) in [5.74, 6) is 0. The topological polar surface area (TPSA) is 12.0 Å². The van der Waals surface area contributed by atoms with Crippen LogP contribution in [0, 0.1) is 0 Å². The van der Waals surface area contributed by atoms with Gasteiger partial charge in [0.1, 0.15) is 0 Å². The van der Waals surface area contributed by atoms with Gasteiger partial charge >= 0.3 is 0 Å². The summed E-state index contributed by atoms with van der Waals surface area (Å²) in [6.07, 6.45) is 8.63. The quantitative estimate of drug-likeness (QED) is 0.582. The molecule has 0 radical (unpaired) electrons. The second-order valence-electron chi connectivity index (χ2n) is 3.25. The van der Waals surface area contributed by atoms with Crippen molar-refractivity contribution >= 4 is 0 Å². The first-order chi connectivity index (χ1) is 4.93.